The van der Waals surface area contributed by atoms with Crippen LogP contribution in [0.2, 0.25) is 0 Å². The molecule has 0 aromatic carbocycles. The van der Waals surface area contributed by atoms with E-state index in [4.69, 9.17) is 10.2 Å². The molecule has 0 saturated heterocycles. The molecule has 0 atom stereocenters. The Kier molecular flexibility index (Phi) is 37.3. The molecule has 0 amide bonds. The molecule has 0 aromatic heterocycles. The number of hydrogen-bond acceptors (Lipinski definition) is 8. The molecule has 27 heavy (non-hydrogen) atoms. The van der Waals surface area contributed by atoms with Gasteiger partial charge in [0.25, 0.3) is 0 Å². The summed E-state index contributed by atoms with van der Waals surface area (Å²) in [5.74, 6) is -1.20. The Hall–Kier alpha value is -0.917. The third-order valence-electron chi connectivity index (χ3n) is 1.40. The predicted octanol–water partition coefficient (Wildman–Crippen LogP) is 1.83. The zero-order valence-corrected chi connectivity index (χ0v) is 20.3. The molecule has 0 aliphatic heterocycles. The van der Waals surface area contributed by atoms with Crippen LogP contribution in [-0.2, 0) is 54.9 Å². The van der Waals surface area contributed by atoms with Gasteiger partial charge in [0.15, 0.2) is 0 Å². The molecule has 0 aliphatic rings. The van der Waals surface area contributed by atoms with E-state index < -0.39 is 11.9 Å². The Labute approximate surface area is 182 Å². The molecule has 0 spiro atoms. The van der Waals surface area contributed by atoms with Gasteiger partial charge < -0.3 is 19.7 Å². The van der Waals surface area contributed by atoms with Gasteiger partial charge in [-0.2, -0.15) is 0 Å². The van der Waals surface area contributed by atoms with E-state index in [0.29, 0.717) is 13.2 Å². The van der Waals surface area contributed by atoms with Crippen LogP contribution < -0.4 is 0 Å². The average Bonchev–Trinajstić information content (AvgIpc) is 2.36. The van der Waals surface area contributed by atoms with Gasteiger partial charge >= 0.3 is 11.9 Å². The standard InChI is InChI=1S/2C6H10O3.2C3H8O.Zr/c2*1-3-9-6(8)4-5(2)7;2*1-3(2)4;/h2*3-4H2,1-2H3;2*3-4H,1-2H3;. The first-order valence-electron chi connectivity index (χ1n) is 8.46. The molecular formula is C18H36O8Zr. The molecule has 0 saturated carbocycles. The van der Waals surface area contributed by atoms with Crippen molar-refractivity contribution in [3.8, 4) is 0 Å². The maximum atomic E-state index is 10.4. The first kappa shape index (κ1) is 36.9. The summed E-state index contributed by atoms with van der Waals surface area (Å²) >= 11 is 0. The van der Waals surface area contributed by atoms with Crippen molar-refractivity contribution in [3.63, 3.8) is 0 Å². The molecule has 0 fully saturated rings. The Morgan fingerprint density at radius 3 is 1.00 bits per heavy atom. The van der Waals surface area contributed by atoms with Crippen LogP contribution in [0.1, 0.15) is 68.2 Å². The monoisotopic (exact) mass is 470 g/mol. The minimum absolute atomic E-state index is 0. The van der Waals surface area contributed by atoms with E-state index in [1.165, 1.54) is 13.8 Å². The summed E-state index contributed by atoms with van der Waals surface area (Å²) < 4.78 is 8.99. The molecule has 0 heterocycles. The van der Waals surface area contributed by atoms with Crippen molar-refractivity contribution in [3.05, 3.63) is 0 Å². The molecule has 160 valence electrons. The molecular weight excluding hydrogens is 435 g/mol. The summed E-state index contributed by atoms with van der Waals surface area (Å²) in [6.07, 6.45) is -0.540. The number of hydrogen-bond donors (Lipinski definition) is 2. The zero-order chi connectivity index (χ0) is 21.7. The number of aliphatic hydroxyl groups excluding tert-OH is 2. The second kappa shape index (κ2) is 27.3. The minimum Gasteiger partial charge on any atom is -0.466 e. The van der Waals surface area contributed by atoms with Crippen molar-refractivity contribution in [1.82, 2.24) is 0 Å². The Bertz CT molecular complexity index is 340. The Balaban J connectivity index is -0.0000000843. The van der Waals surface area contributed by atoms with Crippen molar-refractivity contribution >= 4 is 23.5 Å². The molecule has 0 aromatic rings. The SMILES string of the molecule is CC(C)O.CC(C)O.CCOC(=O)CC(C)=O.CCOC(=O)CC(C)=O.[Zr]. The normalized spacial score (nSPS) is 8.44. The maximum absolute atomic E-state index is 10.4. The van der Waals surface area contributed by atoms with Crippen LogP contribution in [0.3, 0.4) is 0 Å². The summed E-state index contributed by atoms with van der Waals surface area (Å²) in [5.41, 5.74) is 0. The third-order valence-corrected chi connectivity index (χ3v) is 1.40. The van der Waals surface area contributed by atoms with Crippen molar-refractivity contribution in [2.24, 2.45) is 0 Å². The number of carbonyl (C=O) groups excluding carboxylic acids is 4. The largest absolute Gasteiger partial charge is 0.466 e. The van der Waals surface area contributed by atoms with Gasteiger partial charge in [-0.15, -0.1) is 0 Å². The van der Waals surface area contributed by atoms with Gasteiger partial charge in [0.1, 0.15) is 24.4 Å². The average molecular weight is 472 g/mol. The third kappa shape index (κ3) is 78.1. The van der Waals surface area contributed by atoms with E-state index in [-0.39, 0.29) is 62.8 Å². The van der Waals surface area contributed by atoms with E-state index in [0.717, 1.165) is 0 Å². The van der Waals surface area contributed by atoms with E-state index in [1.807, 2.05) is 0 Å². The zero-order valence-electron chi connectivity index (χ0n) is 17.8. The molecule has 0 unspecified atom stereocenters. The fraction of sp³-hybridized carbons (Fsp3) is 0.778. The Morgan fingerprint density at radius 1 is 0.704 bits per heavy atom. The number of aliphatic hydroxyl groups is 2. The van der Waals surface area contributed by atoms with Gasteiger partial charge in [0, 0.05) is 38.4 Å². The van der Waals surface area contributed by atoms with E-state index >= 15 is 0 Å². The molecule has 0 bridgehead atoms. The summed E-state index contributed by atoms with van der Waals surface area (Å²) in [4.78, 5) is 41.3. The second-order valence-electron chi connectivity index (χ2n) is 5.56. The van der Waals surface area contributed by atoms with Crippen LogP contribution >= 0.6 is 0 Å². The first-order valence-corrected chi connectivity index (χ1v) is 8.46. The molecule has 0 rings (SSSR count). The van der Waals surface area contributed by atoms with Crippen LogP contribution in [0.25, 0.3) is 0 Å². The number of carbonyl (C=O) groups is 4. The van der Waals surface area contributed by atoms with Crippen molar-refractivity contribution in [1.29, 1.82) is 0 Å². The fourth-order valence-corrected chi connectivity index (χ4v) is 0.831. The summed E-state index contributed by atoms with van der Waals surface area (Å²) in [7, 11) is 0. The number of rotatable bonds is 6. The van der Waals surface area contributed by atoms with Crippen molar-refractivity contribution in [2.45, 2.75) is 80.4 Å². The van der Waals surface area contributed by atoms with Crippen LogP contribution in [0.15, 0.2) is 0 Å². The smallest absolute Gasteiger partial charge is 0.313 e. The topological polar surface area (TPSA) is 127 Å². The van der Waals surface area contributed by atoms with E-state index in [9.17, 15) is 19.2 Å². The number of ether oxygens (including phenoxy) is 2. The molecule has 0 aliphatic carbocycles. The molecule has 2 N–H and O–H groups in total. The van der Waals surface area contributed by atoms with Crippen molar-refractivity contribution in [2.75, 3.05) is 13.2 Å². The Morgan fingerprint density at radius 2 is 0.889 bits per heavy atom. The molecule has 0 radical (unpaired) electrons. The van der Waals surface area contributed by atoms with Gasteiger partial charge in [-0.05, 0) is 55.4 Å². The minimum atomic E-state index is -0.440. The van der Waals surface area contributed by atoms with Crippen molar-refractivity contribution < 1.29 is 65.1 Å². The van der Waals surface area contributed by atoms with Crippen LogP contribution in [0.5, 0.6) is 0 Å². The van der Waals surface area contributed by atoms with Gasteiger partial charge in [0.05, 0.1) is 13.2 Å². The summed E-state index contributed by atoms with van der Waals surface area (Å²) in [5, 5.41) is 16.1. The van der Waals surface area contributed by atoms with Crippen LogP contribution in [0, 0.1) is 0 Å². The van der Waals surface area contributed by atoms with Gasteiger partial charge in [-0.25, -0.2) is 0 Å². The van der Waals surface area contributed by atoms with Gasteiger partial charge in [0.2, 0.25) is 0 Å². The van der Waals surface area contributed by atoms with E-state index in [2.05, 4.69) is 9.47 Å². The first-order chi connectivity index (χ1) is 11.8. The number of esters is 2. The second-order valence-corrected chi connectivity index (χ2v) is 5.56. The molecule has 8 nitrogen and oxygen atoms in total. The van der Waals surface area contributed by atoms with E-state index in [1.54, 1.807) is 41.5 Å². The quantitative estimate of drug-likeness (QED) is 0.444. The van der Waals surface area contributed by atoms with Gasteiger partial charge in [-0.1, -0.05) is 0 Å². The van der Waals surface area contributed by atoms with Crippen LogP contribution in [0.4, 0.5) is 0 Å². The number of Topliss-reactive ketones (excluding diaryl/α,β-unsaturated/α-hetero) is 2. The van der Waals surface area contributed by atoms with Gasteiger partial charge in [-0.3, -0.25) is 19.2 Å². The summed E-state index contributed by atoms with van der Waals surface area (Å²) in [6.45, 7) is 13.7. The maximum Gasteiger partial charge on any atom is 0.313 e. The van der Waals surface area contributed by atoms with Crippen LogP contribution in [-0.4, -0.2) is 59.1 Å². The number of ketones is 2. The summed E-state index contributed by atoms with van der Waals surface area (Å²) in [6, 6.07) is 0. The predicted molar refractivity (Wildman–Crippen MR) is 98.6 cm³/mol. The fourth-order valence-electron chi connectivity index (χ4n) is 0.831. The molecule has 9 heteroatoms.